The zero-order valence-corrected chi connectivity index (χ0v) is 18.5. The van der Waals surface area contributed by atoms with E-state index < -0.39 is 12.1 Å². The number of likely N-dealkylation sites (tertiary alicyclic amines) is 1. The van der Waals surface area contributed by atoms with E-state index in [2.05, 4.69) is 20.2 Å². The lowest BCUT2D eigenvalue weighted by Gasteiger charge is -2.32. The fourth-order valence-corrected chi connectivity index (χ4v) is 4.05. The largest absolute Gasteiger partial charge is 0.573 e. The zero-order valence-electron chi connectivity index (χ0n) is 17.8. The molecule has 10 nitrogen and oxygen atoms in total. The summed E-state index contributed by atoms with van der Waals surface area (Å²) in [6.45, 7) is 2.10. The number of nitrogens with zero attached hydrogens (tertiary/aromatic N) is 4. The molecule has 0 radical (unpaired) electrons. The highest BCUT2D eigenvalue weighted by Crippen LogP contribution is 2.33. The minimum atomic E-state index is -4.82. The highest BCUT2D eigenvalue weighted by Gasteiger charge is 2.32. The van der Waals surface area contributed by atoms with E-state index in [0.717, 1.165) is 6.07 Å². The molecule has 14 heteroatoms. The van der Waals surface area contributed by atoms with Crippen molar-refractivity contribution < 1.29 is 32.2 Å². The molecule has 1 saturated heterocycles. The number of imidazole rings is 1. The summed E-state index contributed by atoms with van der Waals surface area (Å²) in [7, 11) is 0. The van der Waals surface area contributed by atoms with E-state index in [1.807, 2.05) is 4.90 Å². The van der Waals surface area contributed by atoms with Gasteiger partial charge in [-0.15, -0.1) is 18.1 Å². The number of nitroso groups, excluding NO2 is 1. The Morgan fingerprint density at radius 2 is 2.09 bits per heavy atom. The van der Waals surface area contributed by atoms with Crippen LogP contribution in [-0.2, 0) is 11.3 Å². The fraction of sp³-hybridized carbons (Fsp3) is 0.500. The average molecular weight is 504 g/mol. The summed E-state index contributed by atoms with van der Waals surface area (Å²) in [5, 5.41) is 5.49. The van der Waals surface area contributed by atoms with Crippen molar-refractivity contribution in [2.45, 2.75) is 37.9 Å². The van der Waals surface area contributed by atoms with Crippen molar-refractivity contribution in [3.05, 3.63) is 34.3 Å². The molecule has 1 N–H and O–H groups in total. The van der Waals surface area contributed by atoms with Crippen LogP contribution >= 0.6 is 11.6 Å². The maximum atomic E-state index is 12.5. The number of fused-ring (bicyclic) bond motifs is 1. The maximum absolute atomic E-state index is 12.5. The molecule has 2 aromatic rings. The van der Waals surface area contributed by atoms with Gasteiger partial charge in [-0.1, -0.05) is 11.6 Å². The monoisotopic (exact) mass is 503 g/mol. The molecule has 0 aliphatic carbocycles. The Morgan fingerprint density at radius 1 is 1.32 bits per heavy atom. The van der Waals surface area contributed by atoms with E-state index in [0.29, 0.717) is 44.2 Å². The second-order valence-corrected chi connectivity index (χ2v) is 8.34. The topological polar surface area (TPSA) is 107 Å². The second kappa shape index (κ2) is 10.1. The first-order valence-electron chi connectivity index (χ1n) is 10.5. The van der Waals surface area contributed by atoms with Crippen molar-refractivity contribution in [2.24, 2.45) is 5.18 Å². The number of benzene rings is 1. The van der Waals surface area contributed by atoms with Crippen LogP contribution in [0.2, 0.25) is 5.02 Å². The predicted molar refractivity (Wildman–Crippen MR) is 113 cm³/mol. The number of carbonyl (C=O) groups is 1. The lowest BCUT2D eigenvalue weighted by Crippen LogP contribution is -2.49. The third kappa shape index (κ3) is 6.29. The zero-order chi connectivity index (χ0) is 24.3. The Balaban J connectivity index is 1.20. The number of halogens is 4. The van der Waals surface area contributed by atoms with Crippen LogP contribution in [0, 0.1) is 4.91 Å². The lowest BCUT2D eigenvalue weighted by atomic mass is 10.1. The van der Waals surface area contributed by atoms with Crippen molar-refractivity contribution in [3.8, 4) is 17.5 Å². The third-order valence-corrected chi connectivity index (χ3v) is 5.65. The van der Waals surface area contributed by atoms with Gasteiger partial charge in [0.15, 0.2) is 0 Å². The van der Waals surface area contributed by atoms with E-state index in [9.17, 15) is 22.9 Å². The number of ether oxygens (including phenoxy) is 3. The fourth-order valence-electron chi connectivity index (χ4n) is 3.84. The average Bonchev–Trinajstić information content (AvgIpc) is 3.19. The molecule has 4 rings (SSSR count). The molecule has 1 aromatic carbocycles. The summed E-state index contributed by atoms with van der Waals surface area (Å²) < 4.78 is 53.8. The molecule has 3 heterocycles. The standard InChI is InChI=1S/C20H21ClF3N5O5/c21-15-7-14(1-2-16(15)34-20(22,23)24)33-13-3-5-28(6-4-13)10-18(30)25-12-8-29-9-17(27-31)26-19(29)32-11-12/h1-2,7,9,12-13H,3-6,8,10-11H2,(H,25,30). The van der Waals surface area contributed by atoms with Gasteiger partial charge in [-0.2, -0.15) is 4.98 Å². The van der Waals surface area contributed by atoms with E-state index in [-0.39, 0.29) is 42.0 Å². The summed E-state index contributed by atoms with van der Waals surface area (Å²) in [4.78, 5) is 28.9. The summed E-state index contributed by atoms with van der Waals surface area (Å²) in [5.74, 6) is -0.270. The molecule has 2 aliphatic rings. The van der Waals surface area contributed by atoms with Crippen LogP contribution < -0.4 is 19.5 Å². The van der Waals surface area contributed by atoms with Crippen molar-refractivity contribution in [2.75, 3.05) is 26.2 Å². The normalized spacial score (nSPS) is 19.1. The van der Waals surface area contributed by atoms with Crippen LogP contribution in [0.25, 0.3) is 0 Å². The number of rotatable bonds is 7. The lowest BCUT2D eigenvalue weighted by molar-refractivity contribution is -0.274. The Labute approximate surface area is 196 Å². The van der Waals surface area contributed by atoms with Gasteiger partial charge in [0.25, 0.3) is 6.01 Å². The van der Waals surface area contributed by atoms with E-state index >= 15 is 0 Å². The van der Waals surface area contributed by atoms with Gasteiger partial charge in [0, 0.05) is 19.2 Å². The van der Waals surface area contributed by atoms with E-state index in [1.54, 1.807) is 4.57 Å². The first kappa shape index (κ1) is 24.1. The van der Waals surface area contributed by atoms with Crippen LogP contribution in [0.15, 0.2) is 29.6 Å². The molecule has 1 unspecified atom stereocenters. The maximum Gasteiger partial charge on any atom is 0.573 e. The molecule has 1 fully saturated rings. The van der Waals surface area contributed by atoms with Gasteiger partial charge in [-0.3, -0.25) is 14.3 Å². The molecular formula is C20H21ClF3N5O5. The van der Waals surface area contributed by atoms with Crippen LogP contribution in [0.1, 0.15) is 12.8 Å². The van der Waals surface area contributed by atoms with E-state index in [1.165, 1.54) is 18.3 Å². The SMILES string of the molecule is O=Nc1cn2c(n1)OCC(NC(=O)CN1CCC(Oc3ccc(OC(F)(F)F)c(Cl)c3)CC1)C2. The summed E-state index contributed by atoms with van der Waals surface area (Å²) in [5.41, 5.74) is 0. The Kier molecular flexibility index (Phi) is 7.12. The molecular weight excluding hydrogens is 483 g/mol. The molecule has 2 aliphatic heterocycles. The molecule has 0 saturated carbocycles. The molecule has 1 aromatic heterocycles. The molecule has 0 bridgehead atoms. The molecule has 1 atom stereocenters. The number of hydrogen-bond donors (Lipinski definition) is 1. The van der Waals surface area contributed by atoms with Gasteiger partial charge in [0.1, 0.15) is 24.2 Å². The molecule has 184 valence electrons. The van der Waals surface area contributed by atoms with Gasteiger partial charge in [0.05, 0.1) is 30.4 Å². The first-order chi connectivity index (χ1) is 16.2. The number of alkyl halides is 3. The van der Waals surface area contributed by atoms with Gasteiger partial charge in [0.2, 0.25) is 11.7 Å². The summed E-state index contributed by atoms with van der Waals surface area (Å²) in [6, 6.07) is 3.81. The van der Waals surface area contributed by atoms with Crippen LogP contribution in [0.3, 0.4) is 0 Å². The number of nitrogens with one attached hydrogen (secondary N) is 1. The number of carbonyl (C=O) groups excluding carboxylic acids is 1. The Bertz CT molecular complexity index is 1040. The van der Waals surface area contributed by atoms with Gasteiger partial charge < -0.3 is 19.5 Å². The highest BCUT2D eigenvalue weighted by atomic mass is 35.5. The van der Waals surface area contributed by atoms with Gasteiger partial charge >= 0.3 is 6.36 Å². The van der Waals surface area contributed by atoms with Gasteiger partial charge in [-0.25, -0.2) is 0 Å². The van der Waals surface area contributed by atoms with Crippen LogP contribution in [0.4, 0.5) is 19.0 Å². The minimum Gasteiger partial charge on any atom is -0.490 e. The number of hydrogen-bond acceptors (Lipinski definition) is 8. The summed E-state index contributed by atoms with van der Waals surface area (Å²) >= 11 is 5.86. The van der Waals surface area contributed by atoms with Crippen molar-refractivity contribution >= 4 is 23.3 Å². The number of aromatic nitrogens is 2. The third-order valence-electron chi connectivity index (χ3n) is 5.35. The van der Waals surface area contributed by atoms with Crippen LogP contribution in [-0.4, -0.2) is 65.1 Å². The van der Waals surface area contributed by atoms with Crippen molar-refractivity contribution in [3.63, 3.8) is 0 Å². The highest BCUT2D eigenvalue weighted by molar-refractivity contribution is 6.32. The number of piperidine rings is 1. The quantitative estimate of drug-likeness (QED) is 0.578. The predicted octanol–water partition coefficient (Wildman–Crippen LogP) is 3.25. The molecule has 1 amide bonds. The van der Waals surface area contributed by atoms with Gasteiger partial charge in [-0.05, 0) is 30.2 Å². The smallest absolute Gasteiger partial charge is 0.490 e. The van der Waals surface area contributed by atoms with Crippen molar-refractivity contribution in [1.82, 2.24) is 19.8 Å². The first-order valence-corrected chi connectivity index (χ1v) is 10.8. The second-order valence-electron chi connectivity index (χ2n) is 7.93. The summed E-state index contributed by atoms with van der Waals surface area (Å²) in [6.07, 6.45) is -2.24. The molecule has 0 spiro atoms. The molecule has 34 heavy (non-hydrogen) atoms. The minimum absolute atomic E-state index is 0.0277. The number of amides is 1. The van der Waals surface area contributed by atoms with E-state index in [4.69, 9.17) is 21.1 Å². The Morgan fingerprint density at radius 3 is 2.76 bits per heavy atom. The van der Waals surface area contributed by atoms with Crippen molar-refractivity contribution in [1.29, 1.82) is 0 Å². The van der Waals surface area contributed by atoms with Crippen LogP contribution in [0.5, 0.6) is 17.5 Å². The Hall–Kier alpha value is -3.06.